The summed E-state index contributed by atoms with van der Waals surface area (Å²) in [7, 11) is 0. The minimum Gasteiger partial charge on any atom is -0.398 e. The van der Waals surface area contributed by atoms with Crippen molar-refractivity contribution in [2.24, 2.45) is 0 Å². The van der Waals surface area contributed by atoms with E-state index >= 15 is 0 Å². The van der Waals surface area contributed by atoms with Crippen LogP contribution in [-0.4, -0.2) is 5.78 Å². The molecule has 0 fully saturated rings. The summed E-state index contributed by atoms with van der Waals surface area (Å²) in [6, 6.07) is 17.3. The first-order valence-electron chi connectivity index (χ1n) is 6.66. The van der Waals surface area contributed by atoms with Gasteiger partial charge in [0.05, 0.1) is 4.47 Å². The molecule has 3 heteroatoms. The predicted octanol–water partition coefficient (Wildman–Crippen LogP) is 4.72. The van der Waals surface area contributed by atoms with Gasteiger partial charge in [-0.2, -0.15) is 0 Å². The number of nitrogens with two attached hydrogens (primary N) is 1. The Bertz CT molecular complexity index is 855. The van der Waals surface area contributed by atoms with Crippen molar-refractivity contribution in [1.29, 1.82) is 0 Å². The number of rotatable bonds is 2. The molecule has 0 aliphatic carbocycles. The van der Waals surface area contributed by atoms with Crippen LogP contribution >= 0.6 is 15.9 Å². The lowest BCUT2D eigenvalue weighted by molar-refractivity contribution is 0.103. The first kappa shape index (κ1) is 13.8. The molecule has 3 aromatic rings. The van der Waals surface area contributed by atoms with Gasteiger partial charge in [-0.3, -0.25) is 4.79 Å². The van der Waals surface area contributed by atoms with E-state index in [1.807, 2.05) is 43.3 Å². The topological polar surface area (TPSA) is 43.1 Å². The number of carbonyl (C=O) groups is 1. The summed E-state index contributed by atoms with van der Waals surface area (Å²) >= 11 is 3.42. The molecule has 0 aromatic heterocycles. The van der Waals surface area contributed by atoms with Gasteiger partial charge in [-0.05, 0) is 51.3 Å². The van der Waals surface area contributed by atoms with Gasteiger partial charge in [0.1, 0.15) is 0 Å². The zero-order chi connectivity index (χ0) is 15.0. The van der Waals surface area contributed by atoms with E-state index in [4.69, 9.17) is 5.73 Å². The summed E-state index contributed by atoms with van der Waals surface area (Å²) in [4.78, 5) is 13.0. The maximum absolute atomic E-state index is 13.0. The molecule has 2 nitrogen and oxygen atoms in total. The zero-order valence-electron chi connectivity index (χ0n) is 11.6. The standard InChI is InChI=1S/C18H14BrNO/c1-11-9-10-12-5-2-3-6-13(12)16(11)18(21)14-7-4-8-15(20)17(14)19/h2-10H,20H2,1H3. The molecule has 0 saturated heterocycles. The number of benzene rings is 3. The second kappa shape index (κ2) is 5.34. The molecular formula is C18H14BrNO. The fourth-order valence-electron chi connectivity index (χ4n) is 2.54. The van der Waals surface area contributed by atoms with Gasteiger partial charge in [0.15, 0.2) is 5.78 Å². The number of aryl methyl sites for hydroxylation is 1. The highest BCUT2D eigenvalue weighted by atomic mass is 79.9. The largest absolute Gasteiger partial charge is 0.398 e. The summed E-state index contributed by atoms with van der Waals surface area (Å²) in [5.41, 5.74) is 8.75. The van der Waals surface area contributed by atoms with Crippen LogP contribution in [0.1, 0.15) is 21.5 Å². The molecule has 0 aliphatic rings. The number of hydrogen-bond donors (Lipinski definition) is 1. The molecule has 2 N–H and O–H groups in total. The van der Waals surface area contributed by atoms with E-state index in [2.05, 4.69) is 15.9 Å². The van der Waals surface area contributed by atoms with Gasteiger partial charge in [0, 0.05) is 16.8 Å². The van der Waals surface area contributed by atoms with Crippen molar-refractivity contribution >= 4 is 38.2 Å². The van der Waals surface area contributed by atoms with Crippen LogP contribution in [0.4, 0.5) is 5.69 Å². The smallest absolute Gasteiger partial charge is 0.195 e. The minimum atomic E-state index is -0.0107. The lowest BCUT2D eigenvalue weighted by atomic mass is 9.93. The van der Waals surface area contributed by atoms with E-state index in [-0.39, 0.29) is 5.78 Å². The van der Waals surface area contributed by atoms with Gasteiger partial charge >= 0.3 is 0 Å². The van der Waals surface area contributed by atoms with E-state index in [9.17, 15) is 4.79 Å². The highest BCUT2D eigenvalue weighted by Crippen LogP contribution is 2.30. The van der Waals surface area contributed by atoms with Crippen molar-refractivity contribution in [1.82, 2.24) is 0 Å². The van der Waals surface area contributed by atoms with Gasteiger partial charge in [-0.1, -0.05) is 42.5 Å². The maximum Gasteiger partial charge on any atom is 0.195 e. The molecule has 104 valence electrons. The number of carbonyl (C=O) groups excluding carboxylic acids is 1. The first-order chi connectivity index (χ1) is 10.1. The number of nitrogen functional groups attached to an aromatic ring is 1. The average Bonchev–Trinajstić information content (AvgIpc) is 2.49. The third-order valence-corrected chi connectivity index (χ3v) is 4.52. The Morgan fingerprint density at radius 2 is 1.76 bits per heavy atom. The van der Waals surface area contributed by atoms with Crippen LogP contribution in [0.25, 0.3) is 10.8 Å². The van der Waals surface area contributed by atoms with Crippen LogP contribution in [0, 0.1) is 6.92 Å². The Morgan fingerprint density at radius 3 is 2.57 bits per heavy atom. The SMILES string of the molecule is Cc1ccc2ccccc2c1C(=O)c1cccc(N)c1Br. The van der Waals surface area contributed by atoms with Crippen molar-refractivity contribution in [2.75, 3.05) is 5.73 Å². The van der Waals surface area contributed by atoms with Crippen LogP contribution in [0.5, 0.6) is 0 Å². The second-order valence-corrected chi connectivity index (χ2v) is 5.81. The van der Waals surface area contributed by atoms with E-state index in [1.54, 1.807) is 18.2 Å². The molecule has 0 unspecified atom stereocenters. The van der Waals surface area contributed by atoms with Gasteiger partial charge in [-0.15, -0.1) is 0 Å². The van der Waals surface area contributed by atoms with E-state index < -0.39 is 0 Å². The van der Waals surface area contributed by atoms with Crippen LogP contribution in [0.2, 0.25) is 0 Å². The van der Waals surface area contributed by atoms with Crippen LogP contribution in [-0.2, 0) is 0 Å². The summed E-state index contributed by atoms with van der Waals surface area (Å²) in [5.74, 6) is -0.0107. The van der Waals surface area contributed by atoms with Gasteiger partial charge < -0.3 is 5.73 Å². The third-order valence-electron chi connectivity index (χ3n) is 3.64. The normalized spacial score (nSPS) is 10.8. The van der Waals surface area contributed by atoms with E-state index in [0.717, 1.165) is 21.9 Å². The summed E-state index contributed by atoms with van der Waals surface area (Å²) in [6.45, 7) is 1.96. The Labute approximate surface area is 131 Å². The summed E-state index contributed by atoms with van der Waals surface area (Å²) < 4.78 is 0.655. The molecule has 0 saturated carbocycles. The third kappa shape index (κ3) is 2.34. The molecule has 3 rings (SSSR count). The predicted molar refractivity (Wildman–Crippen MR) is 90.7 cm³/mol. The molecule has 0 heterocycles. The lowest BCUT2D eigenvalue weighted by Crippen LogP contribution is -2.06. The Balaban J connectivity index is 2.27. The van der Waals surface area contributed by atoms with Crippen molar-refractivity contribution in [3.8, 4) is 0 Å². The Kier molecular flexibility index (Phi) is 3.52. The molecule has 0 spiro atoms. The summed E-state index contributed by atoms with van der Waals surface area (Å²) in [6.07, 6.45) is 0. The summed E-state index contributed by atoms with van der Waals surface area (Å²) in [5, 5.41) is 2.03. The fraction of sp³-hybridized carbons (Fsp3) is 0.0556. The van der Waals surface area contributed by atoms with Crippen molar-refractivity contribution in [3.63, 3.8) is 0 Å². The fourth-order valence-corrected chi connectivity index (χ4v) is 2.99. The van der Waals surface area contributed by atoms with E-state index in [0.29, 0.717) is 15.7 Å². The van der Waals surface area contributed by atoms with Gasteiger partial charge in [0.25, 0.3) is 0 Å². The van der Waals surface area contributed by atoms with Gasteiger partial charge in [-0.25, -0.2) is 0 Å². The molecule has 21 heavy (non-hydrogen) atoms. The molecule has 3 aromatic carbocycles. The monoisotopic (exact) mass is 339 g/mol. The number of anilines is 1. The van der Waals surface area contributed by atoms with E-state index in [1.165, 1.54) is 0 Å². The maximum atomic E-state index is 13.0. The number of hydrogen-bond acceptors (Lipinski definition) is 2. The molecule has 0 radical (unpaired) electrons. The molecule has 0 aliphatic heterocycles. The molecular weight excluding hydrogens is 326 g/mol. The molecule has 0 amide bonds. The lowest BCUT2D eigenvalue weighted by Gasteiger charge is -2.11. The zero-order valence-corrected chi connectivity index (χ0v) is 13.1. The Morgan fingerprint density at radius 1 is 1.00 bits per heavy atom. The van der Waals surface area contributed by atoms with Gasteiger partial charge in [0.2, 0.25) is 0 Å². The highest BCUT2D eigenvalue weighted by Gasteiger charge is 2.18. The van der Waals surface area contributed by atoms with Crippen molar-refractivity contribution in [3.05, 3.63) is 75.8 Å². The number of halogens is 1. The first-order valence-corrected chi connectivity index (χ1v) is 7.46. The highest BCUT2D eigenvalue weighted by molar-refractivity contribution is 9.10. The van der Waals surface area contributed by atoms with Crippen LogP contribution in [0.3, 0.4) is 0 Å². The number of fused-ring (bicyclic) bond motifs is 1. The molecule has 0 bridgehead atoms. The Hall–Kier alpha value is -2.13. The quantitative estimate of drug-likeness (QED) is 0.542. The number of ketones is 1. The van der Waals surface area contributed by atoms with Crippen LogP contribution in [0.15, 0.2) is 59.1 Å². The minimum absolute atomic E-state index is 0.0107. The van der Waals surface area contributed by atoms with Crippen molar-refractivity contribution in [2.45, 2.75) is 6.92 Å². The van der Waals surface area contributed by atoms with Crippen LogP contribution < -0.4 is 5.73 Å². The molecule has 0 atom stereocenters. The average molecular weight is 340 g/mol. The van der Waals surface area contributed by atoms with Crippen molar-refractivity contribution < 1.29 is 4.79 Å². The second-order valence-electron chi connectivity index (χ2n) is 5.02.